The largest absolute Gasteiger partial charge is 0.480 e. The first-order chi connectivity index (χ1) is 7.22. The molecule has 0 unspecified atom stereocenters. The molecule has 16 heavy (non-hydrogen) atoms. The number of hydrogen-bond donors (Lipinski definition) is 3. The van der Waals surface area contributed by atoms with Gasteiger partial charge in [-0.1, -0.05) is 20.8 Å². The first kappa shape index (κ1) is 14.6. The number of Topliss-reactive ketones (excluding diaryl/α,β-unsaturated/α-hetero) is 1. The molecular weight excluding hydrogens is 214 g/mol. The van der Waals surface area contributed by atoms with Crippen molar-refractivity contribution in [3.8, 4) is 0 Å². The molecule has 0 amide bonds. The van der Waals surface area contributed by atoms with E-state index in [4.69, 9.17) is 10.2 Å². The second kappa shape index (κ2) is 5.60. The predicted molar refractivity (Wildman–Crippen MR) is 56.1 cm³/mol. The lowest BCUT2D eigenvalue weighted by Gasteiger charge is -2.21. The maximum Gasteiger partial charge on any atom is 0.332 e. The average molecular weight is 231 g/mol. The van der Waals surface area contributed by atoms with Gasteiger partial charge in [0.2, 0.25) is 6.04 Å². The summed E-state index contributed by atoms with van der Waals surface area (Å²) in [5.74, 6) is -3.22. The van der Waals surface area contributed by atoms with Gasteiger partial charge in [-0.2, -0.15) is 0 Å². The maximum absolute atomic E-state index is 11.6. The summed E-state index contributed by atoms with van der Waals surface area (Å²) in [7, 11) is 0. The number of ketones is 1. The van der Waals surface area contributed by atoms with Gasteiger partial charge in [0.15, 0.2) is 5.78 Å². The van der Waals surface area contributed by atoms with E-state index < -0.39 is 23.4 Å². The third-order valence-electron chi connectivity index (χ3n) is 2.60. The van der Waals surface area contributed by atoms with Gasteiger partial charge in [0.1, 0.15) is 0 Å². The van der Waals surface area contributed by atoms with Gasteiger partial charge >= 0.3 is 11.9 Å². The van der Waals surface area contributed by atoms with Gasteiger partial charge in [-0.15, -0.1) is 0 Å². The minimum atomic E-state index is -1.74. The zero-order valence-corrected chi connectivity index (χ0v) is 9.61. The van der Waals surface area contributed by atoms with Crippen LogP contribution in [-0.4, -0.2) is 40.5 Å². The van der Waals surface area contributed by atoms with Crippen LogP contribution in [0.3, 0.4) is 0 Å². The Bertz CT molecular complexity index is 284. The molecule has 0 aliphatic carbocycles. The first-order valence-corrected chi connectivity index (χ1v) is 4.94. The molecule has 0 heterocycles. The van der Waals surface area contributed by atoms with Crippen molar-refractivity contribution in [1.82, 2.24) is 5.32 Å². The maximum atomic E-state index is 11.6. The van der Waals surface area contributed by atoms with Crippen molar-refractivity contribution in [3.63, 3.8) is 0 Å². The van der Waals surface area contributed by atoms with Crippen LogP contribution in [0.2, 0.25) is 0 Å². The third-order valence-corrected chi connectivity index (χ3v) is 2.60. The molecule has 0 spiro atoms. The molecule has 0 aromatic rings. The van der Waals surface area contributed by atoms with E-state index >= 15 is 0 Å². The Balaban J connectivity index is 4.39. The molecule has 0 saturated heterocycles. The lowest BCUT2D eigenvalue weighted by molar-refractivity contribution is -0.151. The van der Waals surface area contributed by atoms with Crippen LogP contribution in [0.4, 0.5) is 0 Å². The van der Waals surface area contributed by atoms with E-state index in [2.05, 4.69) is 5.32 Å². The second-order valence-corrected chi connectivity index (χ2v) is 4.15. The Hall–Kier alpha value is -1.43. The molecule has 0 aliphatic rings. The molecule has 0 bridgehead atoms. The summed E-state index contributed by atoms with van der Waals surface area (Å²) in [6.45, 7) is 5.04. The van der Waals surface area contributed by atoms with Crippen LogP contribution in [0.1, 0.15) is 27.2 Å². The molecule has 0 atom stereocenters. The Labute approximate surface area is 93.6 Å². The van der Waals surface area contributed by atoms with E-state index in [1.165, 1.54) is 0 Å². The second-order valence-electron chi connectivity index (χ2n) is 4.15. The van der Waals surface area contributed by atoms with Gasteiger partial charge in [-0.05, 0) is 6.42 Å². The molecule has 6 nitrogen and oxygen atoms in total. The Morgan fingerprint density at radius 2 is 1.62 bits per heavy atom. The van der Waals surface area contributed by atoms with E-state index in [1.54, 1.807) is 13.8 Å². The van der Waals surface area contributed by atoms with Crippen molar-refractivity contribution in [1.29, 1.82) is 0 Å². The molecule has 3 N–H and O–H groups in total. The van der Waals surface area contributed by atoms with Gasteiger partial charge in [0.05, 0.1) is 6.54 Å². The van der Waals surface area contributed by atoms with Crippen LogP contribution in [0.15, 0.2) is 0 Å². The van der Waals surface area contributed by atoms with Crippen LogP contribution < -0.4 is 5.32 Å². The quantitative estimate of drug-likeness (QED) is 0.538. The van der Waals surface area contributed by atoms with E-state index in [1.807, 2.05) is 6.92 Å². The summed E-state index contributed by atoms with van der Waals surface area (Å²) >= 11 is 0. The minimum Gasteiger partial charge on any atom is -0.480 e. The third kappa shape index (κ3) is 3.98. The van der Waals surface area contributed by atoms with Crippen LogP contribution in [0.25, 0.3) is 0 Å². The van der Waals surface area contributed by atoms with Crippen molar-refractivity contribution in [3.05, 3.63) is 0 Å². The lowest BCUT2D eigenvalue weighted by Crippen LogP contribution is -2.47. The lowest BCUT2D eigenvalue weighted by atomic mass is 9.85. The molecule has 92 valence electrons. The molecule has 6 heteroatoms. The highest BCUT2D eigenvalue weighted by Crippen LogP contribution is 2.20. The van der Waals surface area contributed by atoms with Crippen molar-refractivity contribution in [2.24, 2.45) is 5.41 Å². The predicted octanol–water partition coefficient (Wildman–Crippen LogP) is 0.119. The fourth-order valence-electron chi connectivity index (χ4n) is 0.911. The zero-order valence-electron chi connectivity index (χ0n) is 9.61. The molecular formula is C10H17NO5. The monoisotopic (exact) mass is 231 g/mol. The van der Waals surface area contributed by atoms with Crippen LogP contribution in [0.5, 0.6) is 0 Å². The van der Waals surface area contributed by atoms with Crippen LogP contribution in [-0.2, 0) is 14.4 Å². The number of carbonyl (C=O) groups is 3. The summed E-state index contributed by atoms with van der Waals surface area (Å²) in [4.78, 5) is 32.6. The number of carbonyl (C=O) groups excluding carboxylic acids is 1. The highest BCUT2D eigenvalue weighted by atomic mass is 16.4. The van der Waals surface area contributed by atoms with Crippen LogP contribution >= 0.6 is 0 Å². The highest BCUT2D eigenvalue weighted by molar-refractivity contribution is 5.98. The van der Waals surface area contributed by atoms with Crippen molar-refractivity contribution in [2.45, 2.75) is 33.2 Å². The summed E-state index contributed by atoms with van der Waals surface area (Å²) in [6, 6.07) is -1.74. The zero-order chi connectivity index (χ0) is 12.9. The van der Waals surface area contributed by atoms with Gasteiger partial charge in [-0.25, -0.2) is 9.59 Å². The minimum absolute atomic E-state index is 0.206. The van der Waals surface area contributed by atoms with Gasteiger partial charge in [-0.3, -0.25) is 10.1 Å². The fourth-order valence-corrected chi connectivity index (χ4v) is 0.911. The SMILES string of the molecule is CCC(C)(C)C(=O)CNC(C(=O)O)C(=O)O. The number of carboxylic acid groups (broad SMARTS) is 2. The van der Waals surface area contributed by atoms with Gasteiger partial charge in [0.25, 0.3) is 0 Å². The number of rotatable bonds is 7. The van der Waals surface area contributed by atoms with Crippen molar-refractivity contribution in [2.75, 3.05) is 6.54 Å². The van der Waals surface area contributed by atoms with E-state index in [9.17, 15) is 14.4 Å². The summed E-state index contributed by atoms with van der Waals surface area (Å²) in [5.41, 5.74) is -0.575. The average Bonchev–Trinajstić information content (AvgIpc) is 2.16. The Morgan fingerprint density at radius 3 is 1.94 bits per heavy atom. The Morgan fingerprint density at radius 1 is 1.19 bits per heavy atom. The van der Waals surface area contributed by atoms with E-state index in [0.29, 0.717) is 6.42 Å². The summed E-state index contributed by atoms with van der Waals surface area (Å²) in [5, 5.41) is 19.3. The van der Waals surface area contributed by atoms with Gasteiger partial charge in [0, 0.05) is 5.41 Å². The molecule has 0 radical (unpaired) electrons. The molecule has 0 saturated carbocycles. The molecule has 0 aromatic heterocycles. The summed E-state index contributed by atoms with van der Waals surface area (Å²) < 4.78 is 0. The topological polar surface area (TPSA) is 104 Å². The molecule has 0 rings (SSSR count). The number of carboxylic acids is 2. The highest BCUT2D eigenvalue weighted by Gasteiger charge is 2.29. The standard InChI is InChI=1S/C10H17NO5/c1-4-10(2,3)6(12)5-11-7(8(13)14)9(15)16/h7,11H,4-5H2,1-3H3,(H,13,14)(H,15,16). The smallest absolute Gasteiger partial charge is 0.332 e. The molecule has 0 fully saturated rings. The van der Waals surface area contributed by atoms with Crippen molar-refractivity contribution < 1.29 is 24.6 Å². The van der Waals surface area contributed by atoms with Crippen molar-refractivity contribution >= 4 is 17.7 Å². The first-order valence-electron chi connectivity index (χ1n) is 4.94. The summed E-state index contributed by atoms with van der Waals surface area (Å²) in [6.07, 6.45) is 0.609. The Kier molecular flexibility index (Phi) is 5.10. The molecule has 0 aliphatic heterocycles. The van der Waals surface area contributed by atoms with Gasteiger partial charge < -0.3 is 10.2 Å². The molecule has 0 aromatic carbocycles. The number of aliphatic carboxylic acids is 2. The van der Waals surface area contributed by atoms with E-state index in [-0.39, 0.29) is 12.3 Å². The fraction of sp³-hybridized carbons (Fsp3) is 0.700. The van der Waals surface area contributed by atoms with E-state index in [0.717, 1.165) is 0 Å². The normalized spacial score (nSPS) is 11.5. The van der Waals surface area contributed by atoms with Crippen LogP contribution in [0, 0.1) is 5.41 Å². The number of nitrogens with one attached hydrogen (secondary N) is 1. The number of hydrogen-bond acceptors (Lipinski definition) is 4.